The van der Waals surface area contributed by atoms with Gasteiger partial charge in [-0.3, -0.25) is 9.59 Å². The smallest absolute Gasteiger partial charge is 0.303 e. The number of allylic oxidation sites excluding steroid dienone is 2. The largest absolute Gasteiger partial charge is 0.481 e. The molecule has 0 aromatic rings. The Bertz CT molecular complexity index is 467. The minimum atomic E-state index is -0.743. The van der Waals surface area contributed by atoms with Gasteiger partial charge >= 0.3 is 5.97 Å². The summed E-state index contributed by atoms with van der Waals surface area (Å²) < 4.78 is 0. The highest BCUT2D eigenvalue weighted by atomic mass is 16.4. The maximum atomic E-state index is 12.2. The Hall–Kier alpha value is -1.16. The van der Waals surface area contributed by atoms with Crippen molar-refractivity contribution in [2.24, 2.45) is 17.3 Å². The molecule has 26 heavy (non-hydrogen) atoms. The molecule has 0 aromatic heterocycles. The number of ketones is 1. The molecule has 0 spiro atoms. The molecule has 0 aliphatic heterocycles. The Morgan fingerprint density at radius 2 is 1.88 bits per heavy atom. The molecular weight excluding hydrogens is 328 g/mol. The molecule has 0 aromatic carbocycles. The molecule has 0 bridgehead atoms. The van der Waals surface area contributed by atoms with E-state index >= 15 is 0 Å². The van der Waals surface area contributed by atoms with Crippen molar-refractivity contribution < 1.29 is 19.8 Å². The lowest BCUT2D eigenvalue weighted by Gasteiger charge is -2.22. The van der Waals surface area contributed by atoms with Crippen LogP contribution in [0.25, 0.3) is 0 Å². The molecule has 1 aliphatic carbocycles. The van der Waals surface area contributed by atoms with Crippen molar-refractivity contribution >= 4 is 11.8 Å². The molecule has 3 unspecified atom stereocenters. The first-order valence-electron chi connectivity index (χ1n) is 10.4. The number of aliphatic carboxylic acids is 1. The van der Waals surface area contributed by atoms with Gasteiger partial charge in [0.05, 0.1) is 6.10 Å². The quantitative estimate of drug-likeness (QED) is 0.349. The molecule has 0 saturated heterocycles. The van der Waals surface area contributed by atoms with Crippen LogP contribution in [-0.2, 0) is 9.59 Å². The summed E-state index contributed by atoms with van der Waals surface area (Å²) in [4.78, 5) is 22.8. The predicted molar refractivity (Wildman–Crippen MR) is 105 cm³/mol. The summed E-state index contributed by atoms with van der Waals surface area (Å²) in [7, 11) is 0. The van der Waals surface area contributed by atoms with Crippen LogP contribution in [-0.4, -0.2) is 28.1 Å². The fourth-order valence-electron chi connectivity index (χ4n) is 3.97. The van der Waals surface area contributed by atoms with Crippen molar-refractivity contribution in [2.45, 2.75) is 97.5 Å². The molecule has 3 atom stereocenters. The first-order valence-corrected chi connectivity index (χ1v) is 10.4. The number of rotatable bonds is 13. The van der Waals surface area contributed by atoms with Gasteiger partial charge in [0.25, 0.3) is 0 Å². The maximum absolute atomic E-state index is 12.2. The average molecular weight is 367 g/mol. The van der Waals surface area contributed by atoms with Crippen LogP contribution in [0.3, 0.4) is 0 Å². The van der Waals surface area contributed by atoms with E-state index in [4.69, 9.17) is 5.11 Å². The molecule has 150 valence electrons. The Labute approximate surface area is 159 Å². The van der Waals surface area contributed by atoms with E-state index < -0.39 is 12.1 Å². The molecule has 1 fully saturated rings. The van der Waals surface area contributed by atoms with Crippen LogP contribution in [0.4, 0.5) is 0 Å². The Balaban J connectivity index is 2.43. The SMILES string of the molecule is CCCCC(C)(C)C=CCC1C(O)CC(=O)C1CCCCCCC(=O)O. The summed E-state index contributed by atoms with van der Waals surface area (Å²) in [5.74, 6) is -0.535. The van der Waals surface area contributed by atoms with E-state index in [-0.39, 0.29) is 29.5 Å². The summed E-state index contributed by atoms with van der Waals surface area (Å²) >= 11 is 0. The first kappa shape index (κ1) is 22.9. The third kappa shape index (κ3) is 8.48. The number of aliphatic hydroxyl groups excluding tert-OH is 1. The van der Waals surface area contributed by atoms with Gasteiger partial charge in [0.2, 0.25) is 0 Å². The van der Waals surface area contributed by atoms with E-state index in [1.165, 1.54) is 12.8 Å². The Morgan fingerprint density at radius 1 is 1.19 bits per heavy atom. The minimum absolute atomic E-state index is 0.0344. The monoisotopic (exact) mass is 366 g/mol. The van der Waals surface area contributed by atoms with Crippen molar-refractivity contribution in [1.29, 1.82) is 0 Å². The van der Waals surface area contributed by atoms with Crippen LogP contribution in [0.15, 0.2) is 12.2 Å². The lowest BCUT2D eigenvalue weighted by atomic mass is 9.83. The number of carbonyl (C=O) groups excluding carboxylic acids is 1. The molecule has 4 heteroatoms. The molecule has 0 amide bonds. The molecule has 1 rings (SSSR count). The lowest BCUT2D eigenvalue weighted by molar-refractivity contribution is -0.137. The number of Topliss-reactive ketones (excluding diaryl/α,β-unsaturated/α-hetero) is 1. The van der Waals surface area contributed by atoms with Gasteiger partial charge in [0.1, 0.15) is 5.78 Å². The summed E-state index contributed by atoms with van der Waals surface area (Å²) in [5, 5.41) is 18.9. The summed E-state index contributed by atoms with van der Waals surface area (Å²) in [5.41, 5.74) is 0.170. The van der Waals surface area contributed by atoms with E-state index in [2.05, 4.69) is 32.9 Å². The second-order valence-corrected chi connectivity index (χ2v) is 8.58. The highest BCUT2D eigenvalue weighted by Crippen LogP contribution is 2.36. The van der Waals surface area contributed by atoms with Crippen molar-refractivity contribution in [3.63, 3.8) is 0 Å². The topological polar surface area (TPSA) is 74.6 Å². The molecular formula is C22H38O4. The number of hydrogen-bond donors (Lipinski definition) is 2. The summed E-state index contributed by atoms with van der Waals surface area (Å²) in [6.07, 6.45) is 13.1. The van der Waals surface area contributed by atoms with Gasteiger partial charge in [0.15, 0.2) is 0 Å². The van der Waals surface area contributed by atoms with E-state index in [0.29, 0.717) is 12.8 Å². The van der Waals surface area contributed by atoms with Crippen molar-refractivity contribution in [3.05, 3.63) is 12.2 Å². The third-order valence-electron chi connectivity index (χ3n) is 5.64. The minimum Gasteiger partial charge on any atom is -0.481 e. The number of carboxylic acid groups (broad SMARTS) is 1. The van der Waals surface area contributed by atoms with Crippen LogP contribution >= 0.6 is 0 Å². The van der Waals surface area contributed by atoms with Gasteiger partial charge < -0.3 is 10.2 Å². The van der Waals surface area contributed by atoms with E-state index in [1.54, 1.807) is 0 Å². The zero-order chi connectivity index (χ0) is 19.6. The van der Waals surface area contributed by atoms with Crippen molar-refractivity contribution in [1.82, 2.24) is 0 Å². The zero-order valence-corrected chi connectivity index (χ0v) is 16.9. The van der Waals surface area contributed by atoms with Crippen LogP contribution in [0, 0.1) is 17.3 Å². The third-order valence-corrected chi connectivity index (χ3v) is 5.64. The summed E-state index contributed by atoms with van der Waals surface area (Å²) in [6, 6.07) is 0. The Kier molecular flexibility index (Phi) is 10.1. The van der Waals surface area contributed by atoms with Crippen molar-refractivity contribution in [3.8, 4) is 0 Å². The average Bonchev–Trinajstić information content (AvgIpc) is 2.82. The lowest BCUT2D eigenvalue weighted by Crippen LogP contribution is -2.20. The van der Waals surface area contributed by atoms with E-state index in [1.807, 2.05) is 0 Å². The zero-order valence-electron chi connectivity index (χ0n) is 16.9. The summed E-state index contributed by atoms with van der Waals surface area (Å²) in [6.45, 7) is 6.68. The van der Waals surface area contributed by atoms with E-state index in [9.17, 15) is 14.7 Å². The molecule has 4 nitrogen and oxygen atoms in total. The second-order valence-electron chi connectivity index (χ2n) is 8.58. The van der Waals surface area contributed by atoms with Gasteiger partial charge in [-0.15, -0.1) is 0 Å². The number of carbonyl (C=O) groups is 2. The number of aliphatic hydroxyl groups is 1. The normalized spacial score (nSPS) is 23.8. The van der Waals surface area contributed by atoms with Gasteiger partial charge in [0, 0.05) is 18.8 Å². The highest BCUT2D eigenvalue weighted by Gasteiger charge is 2.40. The number of hydrogen-bond acceptors (Lipinski definition) is 3. The van der Waals surface area contributed by atoms with Gasteiger partial charge in [-0.25, -0.2) is 0 Å². The molecule has 0 heterocycles. The van der Waals surface area contributed by atoms with Crippen LogP contribution in [0.1, 0.15) is 91.4 Å². The highest BCUT2D eigenvalue weighted by molar-refractivity contribution is 5.84. The fourth-order valence-corrected chi connectivity index (χ4v) is 3.97. The molecule has 1 saturated carbocycles. The standard InChI is InChI=1S/C22H38O4/c1-4-5-14-22(2,3)15-10-12-18-17(19(23)16-20(18)24)11-8-6-7-9-13-21(25)26/h10,15,17-18,20,24H,4-9,11-14,16H2,1-3H3,(H,25,26). The van der Waals surface area contributed by atoms with Gasteiger partial charge in [-0.1, -0.05) is 65.0 Å². The van der Waals surface area contributed by atoms with Gasteiger partial charge in [-0.05, 0) is 37.0 Å². The number of unbranched alkanes of at least 4 members (excludes halogenated alkanes) is 4. The molecule has 0 radical (unpaired) electrons. The molecule has 1 aliphatic rings. The first-order chi connectivity index (χ1) is 12.3. The fraction of sp³-hybridized carbons (Fsp3) is 0.818. The maximum Gasteiger partial charge on any atom is 0.303 e. The van der Waals surface area contributed by atoms with E-state index in [0.717, 1.165) is 38.5 Å². The number of carboxylic acids is 1. The van der Waals surface area contributed by atoms with Crippen LogP contribution in [0.2, 0.25) is 0 Å². The second kappa shape index (κ2) is 11.5. The van der Waals surface area contributed by atoms with Crippen LogP contribution < -0.4 is 0 Å². The molecule has 2 N–H and O–H groups in total. The Morgan fingerprint density at radius 3 is 2.54 bits per heavy atom. The van der Waals surface area contributed by atoms with Crippen molar-refractivity contribution in [2.75, 3.05) is 0 Å². The predicted octanol–water partition coefficient (Wildman–Crippen LogP) is 5.14. The van der Waals surface area contributed by atoms with Crippen LogP contribution in [0.5, 0.6) is 0 Å². The van der Waals surface area contributed by atoms with Gasteiger partial charge in [-0.2, -0.15) is 0 Å².